The summed E-state index contributed by atoms with van der Waals surface area (Å²) < 4.78 is 34.0. The Kier molecular flexibility index (Phi) is 75.6. The van der Waals surface area contributed by atoms with Crippen LogP contribution in [0.5, 0.6) is 0 Å². The highest BCUT2D eigenvalue weighted by Crippen LogP contribution is 2.43. The smallest absolute Gasteiger partial charge is 0.472 e. The monoisotopic (exact) mass is 2140 g/mol. The van der Waals surface area contributed by atoms with Crippen molar-refractivity contribution in [2.45, 2.75) is 295 Å². The molecule has 2 saturated heterocycles. The van der Waals surface area contributed by atoms with E-state index in [4.69, 9.17) is 28.7 Å². The lowest BCUT2D eigenvalue weighted by atomic mass is 9.95. The fraction of sp³-hybridized carbons (Fsp3) is 0.719. The summed E-state index contributed by atoms with van der Waals surface area (Å²) in [6, 6.07) is -0.00228. The fourth-order valence-corrected chi connectivity index (χ4v) is 16.7. The number of allylic oxidation sites excluding steroid dienone is 4. The van der Waals surface area contributed by atoms with E-state index in [-0.39, 0.29) is 107 Å². The predicted octanol–water partition coefficient (Wildman–Crippen LogP) is 2.15. The number of ketones is 1. The van der Waals surface area contributed by atoms with Crippen molar-refractivity contribution in [1.29, 1.82) is 0 Å². The molecule has 6 atom stereocenters. The molecule has 2 fully saturated rings. The van der Waals surface area contributed by atoms with Gasteiger partial charge in [-0.15, -0.1) is 0 Å². The average molecular weight is 2140 g/mol. The van der Waals surface area contributed by atoms with Crippen molar-refractivity contribution in [3.63, 3.8) is 0 Å². The van der Waals surface area contributed by atoms with E-state index in [0.29, 0.717) is 29.1 Å². The Morgan fingerprint density at radius 2 is 0.757 bits per heavy atom. The third-order valence-corrected chi connectivity index (χ3v) is 25.0. The summed E-state index contributed by atoms with van der Waals surface area (Å²) >= 11 is 1.76. The number of ether oxygens (including phenoxy) is 2. The summed E-state index contributed by atoms with van der Waals surface area (Å²) in [4.78, 5) is 290. The first-order valence-corrected chi connectivity index (χ1v) is 53.6. The molecular weight excluding hydrogens is 1980 g/mol. The van der Waals surface area contributed by atoms with E-state index < -0.39 is 262 Å². The normalized spacial score (nSPS) is 14.0. The first kappa shape index (κ1) is 134. The molecule has 0 spiro atoms. The Balaban J connectivity index is 0.00000171. The third kappa shape index (κ3) is 74.6. The zero-order chi connectivity index (χ0) is 110. The number of hydrogen-bond acceptors (Lipinski definition) is 29. The molecule has 52 heteroatoms. The minimum Gasteiger partial charge on any atom is -0.481 e. The number of phosphoric ester groups is 1. The van der Waals surface area contributed by atoms with E-state index in [1.54, 1.807) is 18.7 Å². The third-order valence-electron chi connectivity index (χ3n) is 22.5. The van der Waals surface area contributed by atoms with Gasteiger partial charge in [0.1, 0.15) is 39.3 Å². The van der Waals surface area contributed by atoms with Crippen molar-refractivity contribution < 1.29 is 159 Å². The summed E-state index contributed by atoms with van der Waals surface area (Å²) in [7, 11) is -4.74. The van der Waals surface area contributed by atoms with Crippen LogP contribution in [0, 0.1) is 5.92 Å². The highest BCUT2D eigenvalue weighted by Gasteiger charge is 2.43. The highest BCUT2D eigenvalue weighted by atomic mass is 32.2. The van der Waals surface area contributed by atoms with Crippen molar-refractivity contribution in [2.24, 2.45) is 5.92 Å². The van der Waals surface area contributed by atoms with Gasteiger partial charge in [-0.3, -0.25) is 115 Å². The van der Waals surface area contributed by atoms with Gasteiger partial charge < -0.3 is 124 Å². The molecule has 3 unspecified atom stereocenters. The van der Waals surface area contributed by atoms with Gasteiger partial charge in [0.2, 0.25) is 88.6 Å². The molecule has 0 aliphatic carbocycles. The first-order chi connectivity index (χ1) is 70.6. The van der Waals surface area contributed by atoms with Crippen LogP contribution in [0.2, 0.25) is 0 Å². The van der Waals surface area contributed by atoms with Gasteiger partial charge in [0.05, 0.1) is 90.6 Å². The van der Waals surface area contributed by atoms with E-state index >= 15 is 0 Å². The van der Waals surface area contributed by atoms with Crippen molar-refractivity contribution in [1.82, 2.24) is 89.1 Å². The second kappa shape index (κ2) is 83.7. The minimum absolute atomic E-state index is 0.0130. The van der Waals surface area contributed by atoms with Crippen molar-refractivity contribution in [3.8, 4) is 0 Å². The second-order valence-electron chi connectivity index (χ2n) is 35.4. The molecule has 19 N–H and O–H groups in total. The van der Waals surface area contributed by atoms with E-state index in [9.17, 15) is 130 Å². The molecule has 2 rings (SSSR count). The van der Waals surface area contributed by atoms with Crippen LogP contribution in [0.25, 0.3) is 0 Å². The quantitative estimate of drug-likeness (QED) is 0.0136. The number of esters is 2. The topological polar surface area (TPSA) is 726 Å². The molecule has 0 aromatic carbocycles. The van der Waals surface area contributed by atoms with Gasteiger partial charge in [-0.05, 0) is 96.8 Å². The number of fused-ring (bicyclic) bond motifs is 1. The number of nitrogens with one attached hydrogen (secondary N) is 14. The van der Waals surface area contributed by atoms with Gasteiger partial charge in [-0.2, -0.15) is 11.8 Å². The lowest BCUT2D eigenvalue weighted by Crippen LogP contribution is -2.50. The van der Waals surface area contributed by atoms with Crippen LogP contribution >= 0.6 is 19.6 Å². The van der Waals surface area contributed by atoms with Gasteiger partial charge in [-0.25, -0.2) is 9.36 Å². The largest absolute Gasteiger partial charge is 0.481 e. The number of urea groups is 1. The van der Waals surface area contributed by atoms with Crippen LogP contribution in [0.1, 0.15) is 272 Å². The number of carboxylic acids is 4. The van der Waals surface area contributed by atoms with Crippen molar-refractivity contribution in [2.75, 3.05) is 143 Å². The number of carbonyl (C=O) groups is 23. The number of Topliss-reactive ketones (excluding diaryl/α,β-unsaturated/α-hetero) is 1. The van der Waals surface area contributed by atoms with Crippen molar-refractivity contribution >= 4 is 156 Å². The molecular formula is C96H160N17O33PS. The number of nitrogens with zero attached hydrogens (tertiary/aromatic N) is 3. The molecule has 0 bridgehead atoms. The molecule has 2 heterocycles. The molecule has 2 aliphatic rings. The molecule has 50 nitrogen and oxygen atoms in total. The van der Waals surface area contributed by atoms with Crippen LogP contribution in [0.3, 0.4) is 0 Å². The number of carbonyl (C=O) groups excluding carboxylic acids is 19. The zero-order valence-corrected chi connectivity index (χ0v) is 87.7. The number of carboxylic acid groups (broad SMARTS) is 4. The molecule has 17 amide bonds. The molecule has 0 radical (unpaired) electrons. The molecule has 0 aromatic rings. The number of thioether (sulfide) groups is 1. The van der Waals surface area contributed by atoms with E-state index in [1.165, 1.54) is 84.0 Å². The van der Waals surface area contributed by atoms with Crippen LogP contribution in [-0.2, 0) is 129 Å². The Hall–Kier alpha value is -12.2. The maximum absolute atomic E-state index is 12.9. The van der Waals surface area contributed by atoms with E-state index in [2.05, 4.69) is 113 Å². The standard InChI is InChI=1S/C66H114N7O20P.C30H46N10O13S/c1-4-7-9-11-13-15-17-19-21-23-25-27-29-31-33-39-65(86)90-51-54(93-66(87)40-34-32-30-28-26-24-22-20-18-16-14-12-10-8-5-2)52-92-94(88,89)91-42-41-67-56(75)37-35-36-38-57(76)69-46-60(79)71-48-59(78)68-45-55(74)53(44-63(82)83)43-58(77)70-47-61(80)72-49-62(81)73(6-3)50-64(84)85;1-17(41)31-6-7-32-23(45)12-39(14-27(49)50)25(47)10-36-22(44)9-34-24(46)13-40(15-28(51)52)26(48)11-35-21(43)8-33-20(42)5-3-2-4-19-29-18(16-54-19)37-30(53)38-29/h19-22,53-54H,4-18,23-52H2,1-3H3,(H,67,75)(H,68,78)(H,69,76)(H,70,77)(H,71,79)(H,72,80)(H,82,83)(H,84,85)(H,88,89);18-19,29H,2-16H2,1H3,(H,31,41)(H,32,45)(H,33,42)(H,34,46)(H,35,43)(H,36,44)(H,49,50)(H,51,52)(H2,37,38,53)/b21-19+,22-20+;/t;18-,19-,29-/m.0/s1. The summed E-state index contributed by atoms with van der Waals surface area (Å²) in [5.74, 6) is -19.1. The number of amides is 17. The summed E-state index contributed by atoms with van der Waals surface area (Å²) in [5, 5.41) is 69.9. The van der Waals surface area contributed by atoms with Crippen LogP contribution in [-0.4, -0.2) is 343 Å². The van der Waals surface area contributed by atoms with Gasteiger partial charge in [0.15, 0.2) is 11.9 Å². The maximum Gasteiger partial charge on any atom is 0.472 e. The number of unbranched alkanes of at least 4 members (excludes halogenated alkanes) is 24. The molecule has 2 aliphatic heterocycles. The van der Waals surface area contributed by atoms with Gasteiger partial charge in [0.25, 0.3) is 0 Å². The lowest BCUT2D eigenvalue weighted by Gasteiger charge is -2.21. The Bertz CT molecular complexity index is 4280. The average Bonchev–Trinajstić information content (AvgIpc) is 1.66. The number of likely N-dealkylation sites (N-methyl/N-ethyl adjacent to an activating group) is 1. The maximum atomic E-state index is 12.9. The second-order valence-corrected chi connectivity index (χ2v) is 38.1. The van der Waals surface area contributed by atoms with Crippen LogP contribution in [0.15, 0.2) is 24.3 Å². The van der Waals surface area contributed by atoms with Gasteiger partial charge in [-0.1, -0.05) is 147 Å². The SMILES string of the molecule is CC(=O)NCCNC(=O)CN(CC(=O)O)C(=O)CNC(=O)CNC(=O)CN(CC(=O)O)C(=O)CNC(=O)CNC(=O)CCCC[C@@H]1SC[C@@H]2NC(=O)N[C@@H]21.CCCCCCCC/C=C/CCCCCCCC(=O)OCC(COP(=O)(O)OCCNC(=O)CCCCC(=O)NCC(=O)NCC(=O)NCC(=O)C(CC(=O)O)CC(=O)NCC(=O)NCC(=O)N(CC)CC(=O)O)OC(=O)CCCCCCC/C=C/CCCCCCCC. The summed E-state index contributed by atoms with van der Waals surface area (Å²) in [6.45, 7) is -3.72. The van der Waals surface area contributed by atoms with E-state index in [1.807, 2.05) is 0 Å². The van der Waals surface area contributed by atoms with Crippen LogP contribution in [0.4, 0.5) is 4.79 Å². The predicted molar refractivity (Wildman–Crippen MR) is 539 cm³/mol. The van der Waals surface area contributed by atoms with Crippen LogP contribution < -0.4 is 74.4 Å². The fourth-order valence-electron chi connectivity index (χ4n) is 14.4. The zero-order valence-electron chi connectivity index (χ0n) is 86.0. The van der Waals surface area contributed by atoms with Gasteiger partial charge in [0, 0.05) is 88.5 Å². The number of hydrogen-bond donors (Lipinski definition) is 19. The molecule has 838 valence electrons. The molecule has 0 aromatic heterocycles. The van der Waals surface area contributed by atoms with Gasteiger partial charge >= 0.3 is 49.7 Å². The number of aliphatic carboxylic acids is 4. The Morgan fingerprint density at radius 3 is 1.21 bits per heavy atom. The number of phosphoric acid groups is 1. The van der Waals surface area contributed by atoms with Crippen molar-refractivity contribution in [3.05, 3.63) is 24.3 Å². The first-order valence-electron chi connectivity index (χ1n) is 51.0. The molecule has 148 heavy (non-hydrogen) atoms. The minimum atomic E-state index is -4.74. The summed E-state index contributed by atoms with van der Waals surface area (Å²) in [6.07, 6.45) is 38.1. The number of rotatable bonds is 87. The Labute approximate surface area is 868 Å². The molecule has 0 saturated carbocycles. The summed E-state index contributed by atoms with van der Waals surface area (Å²) in [5.41, 5.74) is 0. The highest BCUT2D eigenvalue weighted by molar-refractivity contribution is 8.00. The lowest BCUT2D eigenvalue weighted by molar-refractivity contribution is -0.161. The van der Waals surface area contributed by atoms with E-state index in [0.717, 1.165) is 101 Å². The Morgan fingerprint density at radius 1 is 0.385 bits per heavy atom.